The predicted molar refractivity (Wildman–Crippen MR) is 97.6 cm³/mol. The van der Waals surface area contributed by atoms with E-state index < -0.39 is 36.1 Å². The second-order valence-electron chi connectivity index (χ2n) is 6.05. The Bertz CT molecular complexity index is 836. The zero-order chi connectivity index (χ0) is 21.5. The summed E-state index contributed by atoms with van der Waals surface area (Å²) < 4.78 is 12.8. The Morgan fingerprint density at radius 2 is 1.75 bits per heavy atom. The Balaban J connectivity index is 0.000000370. The van der Waals surface area contributed by atoms with E-state index in [0.717, 1.165) is 10.6 Å². The van der Waals surface area contributed by atoms with Crippen molar-refractivity contribution < 1.29 is 39.2 Å². The van der Waals surface area contributed by atoms with E-state index in [0.29, 0.717) is 5.69 Å². The van der Waals surface area contributed by atoms with Gasteiger partial charge in [0, 0.05) is 10.9 Å². The van der Waals surface area contributed by atoms with Crippen LogP contribution in [0.4, 0.5) is 9.18 Å². The number of nitrogens with one attached hydrogen (secondary N) is 1. The molecule has 0 aliphatic carbocycles. The number of rotatable bonds is 6. The van der Waals surface area contributed by atoms with Crippen molar-refractivity contribution in [2.45, 2.75) is 31.9 Å². The quantitative estimate of drug-likeness (QED) is 0.482. The standard InChI is InChI=1S/C13H13FN2O2S.C4H6O5/c1-13(2,16-12(17)18)10-7-19-11(15-10)8-3-5-9(14)6-4-8;5-2(4(8)9)1-3(6)7/h3-7,16H,1-2H3,(H,17,18);2,5H,1H2,(H,6,7)(H,8,9)/t;2-/m.0/s1. The molecule has 0 aliphatic rings. The van der Waals surface area contributed by atoms with Crippen molar-refractivity contribution in [1.82, 2.24) is 10.3 Å². The van der Waals surface area contributed by atoms with Gasteiger partial charge < -0.3 is 25.7 Å². The minimum Gasteiger partial charge on any atom is -0.481 e. The molecule has 9 nitrogen and oxygen atoms in total. The van der Waals surface area contributed by atoms with Gasteiger partial charge in [-0.15, -0.1) is 11.3 Å². The van der Waals surface area contributed by atoms with Crippen LogP contribution < -0.4 is 5.32 Å². The normalized spacial score (nSPS) is 11.7. The van der Waals surface area contributed by atoms with Crippen LogP contribution in [0.15, 0.2) is 29.6 Å². The van der Waals surface area contributed by atoms with E-state index >= 15 is 0 Å². The maximum atomic E-state index is 12.8. The van der Waals surface area contributed by atoms with Gasteiger partial charge in [-0.2, -0.15) is 0 Å². The predicted octanol–water partition coefficient (Wildman–Crippen LogP) is 2.36. The molecule has 0 unspecified atom stereocenters. The number of halogens is 1. The van der Waals surface area contributed by atoms with Crippen LogP contribution >= 0.6 is 11.3 Å². The van der Waals surface area contributed by atoms with Gasteiger partial charge in [0.15, 0.2) is 6.10 Å². The molecule has 5 N–H and O–H groups in total. The van der Waals surface area contributed by atoms with Crippen molar-refractivity contribution in [2.24, 2.45) is 0 Å². The van der Waals surface area contributed by atoms with E-state index in [4.69, 9.17) is 20.4 Å². The highest BCUT2D eigenvalue weighted by Gasteiger charge is 2.25. The van der Waals surface area contributed by atoms with Crippen LogP contribution in [-0.2, 0) is 15.1 Å². The molecule has 0 spiro atoms. The molecule has 1 aromatic heterocycles. The second kappa shape index (κ2) is 9.76. The molecule has 152 valence electrons. The number of nitrogens with zero attached hydrogens (tertiary/aromatic N) is 1. The molecule has 0 saturated carbocycles. The third-order valence-electron chi connectivity index (χ3n) is 3.31. The van der Waals surface area contributed by atoms with Crippen LogP contribution in [0.2, 0.25) is 0 Å². The minimum atomic E-state index is -1.79. The van der Waals surface area contributed by atoms with Gasteiger partial charge in [0.05, 0.1) is 17.7 Å². The second-order valence-corrected chi connectivity index (χ2v) is 6.91. The van der Waals surface area contributed by atoms with Crippen molar-refractivity contribution in [2.75, 3.05) is 0 Å². The molecule has 1 aromatic carbocycles. The summed E-state index contributed by atoms with van der Waals surface area (Å²) in [5.41, 5.74) is 0.684. The summed E-state index contributed by atoms with van der Waals surface area (Å²) in [4.78, 5) is 34.5. The number of benzene rings is 1. The number of thiazole rings is 1. The highest BCUT2D eigenvalue weighted by Crippen LogP contribution is 2.28. The highest BCUT2D eigenvalue weighted by atomic mass is 32.1. The molecule has 2 rings (SSSR count). The van der Waals surface area contributed by atoms with Gasteiger partial charge in [-0.3, -0.25) is 4.79 Å². The molecule has 1 amide bonds. The number of carbonyl (C=O) groups is 3. The number of carboxylic acids is 2. The molecule has 1 atom stereocenters. The number of carboxylic acid groups (broad SMARTS) is 3. The summed E-state index contributed by atoms with van der Waals surface area (Å²) in [6.07, 6.45) is -3.64. The SMILES string of the molecule is CC(C)(NC(=O)O)c1csc(-c2ccc(F)cc2)n1.O=C(O)C[C@H](O)C(=O)O. The van der Waals surface area contributed by atoms with Crippen LogP contribution in [0.1, 0.15) is 26.0 Å². The topological polar surface area (TPSA) is 157 Å². The molecule has 0 bridgehead atoms. The molecule has 11 heteroatoms. The van der Waals surface area contributed by atoms with Gasteiger partial charge in [0.2, 0.25) is 0 Å². The molecule has 2 aromatic rings. The van der Waals surface area contributed by atoms with Gasteiger partial charge in [-0.1, -0.05) is 0 Å². The van der Waals surface area contributed by atoms with E-state index in [1.807, 2.05) is 0 Å². The number of amides is 1. The number of aliphatic hydroxyl groups excluding tert-OH is 1. The molecular formula is C17H19FN2O7S. The van der Waals surface area contributed by atoms with Crippen LogP contribution in [0.25, 0.3) is 10.6 Å². The molecule has 0 fully saturated rings. The fraction of sp³-hybridized carbons (Fsp3) is 0.294. The third kappa shape index (κ3) is 7.29. The van der Waals surface area contributed by atoms with E-state index in [9.17, 15) is 18.8 Å². The summed E-state index contributed by atoms with van der Waals surface area (Å²) in [6, 6.07) is 6.04. The van der Waals surface area contributed by atoms with Gasteiger partial charge in [-0.25, -0.2) is 19.0 Å². The summed E-state index contributed by atoms with van der Waals surface area (Å²) in [6.45, 7) is 3.48. The van der Waals surface area contributed by atoms with Gasteiger partial charge in [0.25, 0.3) is 0 Å². The lowest BCUT2D eigenvalue weighted by Gasteiger charge is -2.21. The molecular weight excluding hydrogens is 395 g/mol. The van der Waals surface area contributed by atoms with E-state index in [-0.39, 0.29) is 5.82 Å². The summed E-state index contributed by atoms with van der Waals surface area (Å²) in [7, 11) is 0. The number of hydrogen-bond donors (Lipinski definition) is 5. The Morgan fingerprint density at radius 1 is 1.18 bits per heavy atom. The van der Waals surface area contributed by atoms with E-state index in [1.165, 1.54) is 23.5 Å². The molecule has 0 aliphatic heterocycles. The van der Waals surface area contributed by atoms with Crippen molar-refractivity contribution in [3.63, 3.8) is 0 Å². The lowest BCUT2D eigenvalue weighted by atomic mass is 10.0. The molecule has 1 heterocycles. The number of aliphatic carboxylic acids is 2. The molecule has 28 heavy (non-hydrogen) atoms. The van der Waals surface area contributed by atoms with Gasteiger partial charge in [-0.05, 0) is 38.1 Å². The van der Waals surface area contributed by atoms with Crippen LogP contribution in [0, 0.1) is 5.82 Å². The number of hydrogen-bond acceptors (Lipinski definition) is 6. The van der Waals surface area contributed by atoms with Gasteiger partial charge in [0.1, 0.15) is 10.8 Å². The van der Waals surface area contributed by atoms with Crippen LogP contribution in [0.3, 0.4) is 0 Å². The Labute approximate surface area is 163 Å². The van der Waals surface area contributed by atoms with Crippen molar-refractivity contribution in [3.8, 4) is 10.6 Å². The van der Waals surface area contributed by atoms with Crippen molar-refractivity contribution in [1.29, 1.82) is 0 Å². The summed E-state index contributed by atoms with van der Waals surface area (Å²) in [5.74, 6) is -3.14. The summed E-state index contributed by atoms with van der Waals surface area (Å²) in [5, 5.41) is 37.9. The third-order valence-corrected chi connectivity index (χ3v) is 4.20. The Morgan fingerprint density at radius 3 is 2.18 bits per heavy atom. The van der Waals surface area contributed by atoms with E-state index in [2.05, 4.69) is 10.3 Å². The zero-order valence-electron chi connectivity index (χ0n) is 14.9. The number of aromatic nitrogens is 1. The first-order valence-corrected chi connectivity index (χ1v) is 8.66. The maximum absolute atomic E-state index is 12.8. The average molecular weight is 414 g/mol. The monoisotopic (exact) mass is 414 g/mol. The largest absolute Gasteiger partial charge is 0.481 e. The van der Waals surface area contributed by atoms with Crippen molar-refractivity contribution >= 4 is 29.4 Å². The summed E-state index contributed by atoms with van der Waals surface area (Å²) >= 11 is 1.40. The fourth-order valence-corrected chi connectivity index (χ4v) is 2.86. The average Bonchev–Trinajstić information content (AvgIpc) is 3.05. The first-order valence-electron chi connectivity index (χ1n) is 7.78. The lowest BCUT2D eigenvalue weighted by molar-refractivity contribution is -0.152. The first-order chi connectivity index (χ1) is 12.9. The van der Waals surface area contributed by atoms with Crippen LogP contribution in [0.5, 0.6) is 0 Å². The minimum absolute atomic E-state index is 0.298. The Kier molecular flexibility index (Phi) is 8.01. The van der Waals surface area contributed by atoms with Gasteiger partial charge >= 0.3 is 18.0 Å². The fourth-order valence-electron chi connectivity index (χ4n) is 1.87. The van der Waals surface area contributed by atoms with Crippen LogP contribution in [-0.4, -0.2) is 49.5 Å². The molecule has 0 saturated heterocycles. The smallest absolute Gasteiger partial charge is 0.405 e. The lowest BCUT2D eigenvalue weighted by Crippen LogP contribution is -2.40. The number of aliphatic hydroxyl groups is 1. The highest BCUT2D eigenvalue weighted by molar-refractivity contribution is 7.13. The van der Waals surface area contributed by atoms with Crippen molar-refractivity contribution in [3.05, 3.63) is 41.2 Å². The zero-order valence-corrected chi connectivity index (χ0v) is 15.7. The van der Waals surface area contributed by atoms with E-state index in [1.54, 1.807) is 31.4 Å². The maximum Gasteiger partial charge on any atom is 0.405 e. The Hall–Kier alpha value is -3.05. The molecule has 0 radical (unpaired) electrons. The first kappa shape index (κ1) is 23.0.